The number of thiophene rings is 1. The van der Waals surface area contributed by atoms with Crippen LogP contribution >= 0.6 is 11.3 Å². The van der Waals surface area contributed by atoms with Gasteiger partial charge in [0.05, 0.1) is 18.2 Å². The third-order valence-corrected chi connectivity index (χ3v) is 7.22. The second kappa shape index (κ2) is 10.0. The van der Waals surface area contributed by atoms with Crippen molar-refractivity contribution < 1.29 is 14.3 Å². The number of nitrogens with one attached hydrogen (secondary N) is 2. The Morgan fingerprint density at radius 1 is 0.938 bits per heavy atom. The number of amides is 1. The van der Waals surface area contributed by atoms with Gasteiger partial charge in [0.15, 0.2) is 0 Å². The van der Waals surface area contributed by atoms with E-state index in [1.54, 1.807) is 23.5 Å². The maximum absolute atomic E-state index is 13.0. The molecule has 32 heavy (non-hydrogen) atoms. The maximum atomic E-state index is 13.0. The van der Waals surface area contributed by atoms with Gasteiger partial charge in [0, 0.05) is 17.6 Å². The average molecular weight is 449 g/mol. The minimum Gasteiger partial charge on any atom is -0.465 e. The van der Waals surface area contributed by atoms with Crippen molar-refractivity contribution >= 4 is 33.9 Å². The van der Waals surface area contributed by atoms with E-state index >= 15 is 0 Å². The number of esters is 1. The molecule has 0 spiro atoms. The van der Waals surface area contributed by atoms with E-state index in [1.807, 2.05) is 31.3 Å². The lowest BCUT2D eigenvalue weighted by Crippen LogP contribution is -2.16. The minimum atomic E-state index is -0.320. The van der Waals surface area contributed by atoms with Crippen molar-refractivity contribution in [1.82, 2.24) is 0 Å². The highest BCUT2D eigenvalue weighted by molar-refractivity contribution is 7.16. The Bertz CT molecular complexity index is 1100. The van der Waals surface area contributed by atoms with Crippen LogP contribution in [0.4, 0.5) is 10.7 Å². The number of hydrogen-bond donors (Lipinski definition) is 2. The number of fused-ring (bicyclic) bond motifs is 1. The molecule has 0 unspecified atom stereocenters. The highest BCUT2D eigenvalue weighted by Crippen LogP contribution is 2.38. The van der Waals surface area contributed by atoms with E-state index in [2.05, 4.69) is 22.8 Å². The summed E-state index contributed by atoms with van der Waals surface area (Å²) >= 11 is 1.71. The zero-order chi connectivity index (χ0) is 22.5. The molecular formula is C26H28N2O3S. The monoisotopic (exact) mass is 448 g/mol. The molecule has 166 valence electrons. The number of carbonyl (C=O) groups is 2. The fraction of sp³-hybridized carbons (Fsp3) is 0.308. The van der Waals surface area contributed by atoms with Crippen LogP contribution in [0.25, 0.3) is 0 Å². The van der Waals surface area contributed by atoms with Crippen LogP contribution < -0.4 is 10.6 Å². The van der Waals surface area contributed by atoms with Gasteiger partial charge in [-0.1, -0.05) is 24.3 Å². The standard InChI is InChI=1S/C26H28N2O3S/c1-27-25-23(21-5-3-4-6-22(21)32-25)24(29)28-20-15-11-18(12-16-20)8-7-17-9-13-19(14-10-17)26(30)31-2/h9-16,27H,3-8H2,1-2H3,(H,28,29). The number of anilines is 2. The molecule has 1 amide bonds. The quantitative estimate of drug-likeness (QED) is 0.469. The van der Waals surface area contributed by atoms with Crippen LogP contribution in [0, 0.1) is 0 Å². The van der Waals surface area contributed by atoms with E-state index < -0.39 is 0 Å². The topological polar surface area (TPSA) is 67.4 Å². The van der Waals surface area contributed by atoms with Gasteiger partial charge in [-0.3, -0.25) is 4.79 Å². The van der Waals surface area contributed by atoms with E-state index in [0.717, 1.165) is 53.9 Å². The van der Waals surface area contributed by atoms with Crippen LogP contribution in [0.3, 0.4) is 0 Å². The maximum Gasteiger partial charge on any atom is 0.337 e. The summed E-state index contributed by atoms with van der Waals surface area (Å²) in [5.41, 5.74) is 5.76. The van der Waals surface area contributed by atoms with Gasteiger partial charge in [0.25, 0.3) is 5.91 Å². The zero-order valence-corrected chi connectivity index (χ0v) is 19.3. The molecule has 1 aliphatic rings. The van der Waals surface area contributed by atoms with Gasteiger partial charge in [-0.25, -0.2) is 4.79 Å². The van der Waals surface area contributed by atoms with Crippen LogP contribution in [0.1, 0.15) is 55.1 Å². The molecule has 0 atom stereocenters. The van der Waals surface area contributed by atoms with Crippen molar-refractivity contribution in [1.29, 1.82) is 0 Å². The van der Waals surface area contributed by atoms with Gasteiger partial charge in [-0.15, -0.1) is 11.3 Å². The largest absolute Gasteiger partial charge is 0.465 e. The summed E-state index contributed by atoms with van der Waals surface area (Å²) in [6.45, 7) is 0. The highest BCUT2D eigenvalue weighted by Gasteiger charge is 2.24. The van der Waals surface area contributed by atoms with E-state index in [0.29, 0.717) is 5.56 Å². The van der Waals surface area contributed by atoms with Crippen molar-refractivity contribution in [3.8, 4) is 0 Å². The van der Waals surface area contributed by atoms with Crippen molar-refractivity contribution in [2.24, 2.45) is 0 Å². The molecule has 2 N–H and O–H groups in total. The number of hydrogen-bond acceptors (Lipinski definition) is 5. The Balaban J connectivity index is 1.37. The third-order valence-electron chi connectivity index (χ3n) is 5.91. The lowest BCUT2D eigenvalue weighted by atomic mass is 9.95. The summed E-state index contributed by atoms with van der Waals surface area (Å²) in [4.78, 5) is 25.9. The fourth-order valence-corrected chi connectivity index (χ4v) is 5.38. The number of carbonyl (C=O) groups excluding carboxylic acids is 2. The Labute approximate surface area is 192 Å². The van der Waals surface area contributed by atoms with E-state index in [1.165, 1.54) is 29.5 Å². The molecule has 0 bridgehead atoms. The van der Waals surface area contributed by atoms with Gasteiger partial charge in [-0.2, -0.15) is 0 Å². The molecule has 1 aliphatic carbocycles. The lowest BCUT2D eigenvalue weighted by Gasteiger charge is -2.13. The normalized spacial score (nSPS) is 12.7. The third kappa shape index (κ3) is 4.86. The van der Waals surface area contributed by atoms with Gasteiger partial charge in [0.2, 0.25) is 0 Å². The van der Waals surface area contributed by atoms with Crippen LogP contribution in [0.2, 0.25) is 0 Å². The van der Waals surface area contributed by atoms with Crippen LogP contribution in [-0.2, 0) is 30.4 Å². The Morgan fingerprint density at radius 2 is 1.56 bits per heavy atom. The minimum absolute atomic E-state index is 0.0350. The van der Waals surface area contributed by atoms with Crippen molar-refractivity contribution in [3.63, 3.8) is 0 Å². The summed E-state index contributed by atoms with van der Waals surface area (Å²) in [6, 6.07) is 15.5. The smallest absolute Gasteiger partial charge is 0.337 e. The number of benzene rings is 2. The first-order valence-electron chi connectivity index (χ1n) is 11.0. The summed E-state index contributed by atoms with van der Waals surface area (Å²) < 4.78 is 4.74. The fourth-order valence-electron chi connectivity index (χ4n) is 4.14. The van der Waals surface area contributed by atoms with Crippen molar-refractivity contribution in [3.05, 3.63) is 81.2 Å². The number of methoxy groups -OCH3 is 1. The molecule has 0 radical (unpaired) electrons. The van der Waals surface area contributed by atoms with Crippen LogP contribution in [0.15, 0.2) is 48.5 Å². The average Bonchev–Trinajstić information content (AvgIpc) is 3.22. The van der Waals surface area contributed by atoms with Gasteiger partial charge >= 0.3 is 5.97 Å². The second-order valence-electron chi connectivity index (χ2n) is 8.00. The van der Waals surface area contributed by atoms with Gasteiger partial charge in [0.1, 0.15) is 5.00 Å². The first kappa shape index (κ1) is 22.1. The van der Waals surface area contributed by atoms with Crippen LogP contribution in [-0.4, -0.2) is 26.0 Å². The predicted octanol–water partition coefficient (Wildman–Crippen LogP) is 5.49. The van der Waals surface area contributed by atoms with E-state index in [4.69, 9.17) is 4.74 Å². The summed E-state index contributed by atoms with van der Waals surface area (Å²) in [6.07, 6.45) is 6.16. The Kier molecular flexibility index (Phi) is 6.90. The second-order valence-corrected chi connectivity index (χ2v) is 9.11. The number of rotatable bonds is 7. The zero-order valence-electron chi connectivity index (χ0n) is 18.5. The molecule has 1 aromatic heterocycles. The summed E-state index contributed by atoms with van der Waals surface area (Å²) in [5.74, 6) is -0.355. The Morgan fingerprint density at radius 3 is 2.19 bits per heavy atom. The highest BCUT2D eigenvalue weighted by atomic mass is 32.1. The van der Waals surface area contributed by atoms with E-state index in [-0.39, 0.29) is 11.9 Å². The summed E-state index contributed by atoms with van der Waals surface area (Å²) in [7, 11) is 3.27. The van der Waals surface area contributed by atoms with Gasteiger partial charge in [-0.05, 0) is 79.5 Å². The molecule has 5 nitrogen and oxygen atoms in total. The van der Waals surface area contributed by atoms with Crippen LogP contribution in [0.5, 0.6) is 0 Å². The number of aryl methyl sites for hydroxylation is 3. The lowest BCUT2D eigenvalue weighted by molar-refractivity contribution is 0.0600. The number of ether oxygens (including phenoxy) is 1. The first-order valence-corrected chi connectivity index (χ1v) is 11.8. The molecule has 2 aromatic carbocycles. The molecule has 3 aromatic rings. The first-order chi connectivity index (χ1) is 15.6. The Hall–Kier alpha value is -3.12. The van der Waals surface area contributed by atoms with Crippen molar-refractivity contribution in [2.75, 3.05) is 24.8 Å². The summed E-state index contributed by atoms with van der Waals surface area (Å²) in [5, 5.41) is 7.24. The molecule has 6 heteroatoms. The molecule has 0 saturated carbocycles. The molecule has 1 heterocycles. The molecular weight excluding hydrogens is 420 g/mol. The molecule has 4 rings (SSSR count). The molecule has 0 aliphatic heterocycles. The predicted molar refractivity (Wildman–Crippen MR) is 130 cm³/mol. The van der Waals surface area contributed by atoms with Gasteiger partial charge < -0.3 is 15.4 Å². The molecule has 0 fully saturated rings. The SMILES string of the molecule is CNc1sc2c(c1C(=O)Nc1ccc(CCc3ccc(C(=O)OC)cc3)cc1)CCCC2. The molecule has 0 saturated heterocycles. The van der Waals surface area contributed by atoms with Crippen molar-refractivity contribution in [2.45, 2.75) is 38.5 Å². The van der Waals surface area contributed by atoms with E-state index in [9.17, 15) is 9.59 Å².